The van der Waals surface area contributed by atoms with Gasteiger partial charge in [-0.3, -0.25) is 4.79 Å². The van der Waals surface area contributed by atoms with Crippen LogP contribution in [-0.4, -0.2) is 12.2 Å². The average molecular weight is 331 g/mol. The molecule has 4 rings (SSSR count). The fourth-order valence-corrected chi connectivity index (χ4v) is 4.19. The topological polar surface area (TPSA) is 37.4 Å². The predicted octanol–water partition coefficient (Wildman–Crippen LogP) is 4.17. The third-order valence-electron chi connectivity index (χ3n) is 5.43. The lowest BCUT2D eigenvalue weighted by Crippen LogP contribution is -2.59. The zero-order chi connectivity index (χ0) is 17.2. The van der Waals surface area contributed by atoms with E-state index in [1.54, 1.807) is 0 Å². The minimum atomic E-state index is -0.172. The van der Waals surface area contributed by atoms with Crippen molar-refractivity contribution in [3.8, 4) is 0 Å². The van der Waals surface area contributed by atoms with Gasteiger partial charge in [0.1, 0.15) is 6.29 Å². The minimum absolute atomic E-state index is 0.0103. The summed E-state index contributed by atoms with van der Waals surface area (Å²) in [5, 5.41) is 0. The van der Waals surface area contributed by atoms with Gasteiger partial charge >= 0.3 is 0 Å². The zero-order valence-electron chi connectivity index (χ0n) is 14.0. The second-order valence-corrected chi connectivity index (χ2v) is 6.81. The van der Waals surface area contributed by atoms with E-state index in [9.17, 15) is 9.59 Å². The van der Waals surface area contributed by atoms with Gasteiger partial charge in [-0.1, -0.05) is 60.7 Å². The van der Waals surface area contributed by atoms with Crippen LogP contribution in [0.15, 0.2) is 72.8 Å². The number of aldehydes is 1. The Hall–Kier alpha value is -2.68. The van der Waals surface area contributed by atoms with Gasteiger partial charge in [0.2, 0.25) is 5.91 Å². The number of allylic oxidation sites excluding steroid dienone is 2. The molecule has 0 aromatic heterocycles. The summed E-state index contributed by atoms with van der Waals surface area (Å²) in [6.07, 6.45) is 6.99. The fraction of sp³-hybridized carbons (Fsp3) is 0.273. The number of para-hydroxylation sites is 1. The summed E-state index contributed by atoms with van der Waals surface area (Å²) in [4.78, 5) is 26.5. The number of benzene rings is 2. The van der Waals surface area contributed by atoms with Crippen molar-refractivity contribution in [1.29, 1.82) is 0 Å². The van der Waals surface area contributed by atoms with Crippen molar-refractivity contribution in [2.45, 2.75) is 18.9 Å². The molecule has 0 bridgehead atoms. The molecule has 3 heteroatoms. The number of amides is 1. The molecule has 0 radical (unpaired) electrons. The van der Waals surface area contributed by atoms with Crippen LogP contribution in [0.5, 0.6) is 0 Å². The first-order valence-corrected chi connectivity index (χ1v) is 8.86. The Labute approximate surface area is 148 Å². The maximum atomic E-state index is 13.1. The number of nitrogens with zero attached hydrogens (tertiary/aromatic N) is 1. The Balaban J connectivity index is 1.74. The molecule has 1 fully saturated rings. The molecule has 0 unspecified atom stereocenters. The van der Waals surface area contributed by atoms with Crippen LogP contribution in [0.25, 0.3) is 0 Å². The molecule has 126 valence electrons. The highest BCUT2D eigenvalue weighted by molar-refractivity contribution is 6.03. The molecule has 1 aliphatic carbocycles. The first-order valence-electron chi connectivity index (χ1n) is 8.86. The smallest absolute Gasteiger partial charge is 0.233 e. The highest BCUT2D eigenvalue weighted by Crippen LogP contribution is 2.49. The summed E-state index contributed by atoms with van der Waals surface area (Å²) < 4.78 is 0. The SMILES string of the molecule is O=C[C@@H]1CCC=C[C@H]1[C@H]1C(=O)N(c2ccccc2)[C@@H]1c1ccccc1. The van der Waals surface area contributed by atoms with E-state index in [1.807, 2.05) is 53.4 Å². The highest BCUT2D eigenvalue weighted by atomic mass is 16.2. The molecule has 4 atom stereocenters. The monoisotopic (exact) mass is 331 g/mol. The molecule has 0 spiro atoms. The van der Waals surface area contributed by atoms with Gasteiger partial charge in [0.05, 0.1) is 12.0 Å². The van der Waals surface area contributed by atoms with E-state index in [1.165, 1.54) is 0 Å². The van der Waals surface area contributed by atoms with Gasteiger partial charge < -0.3 is 9.69 Å². The van der Waals surface area contributed by atoms with E-state index in [2.05, 4.69) is 24.3 Å². The normalized spacial score (nSPS) is 28.5. The van der Waals surface area contributed by atoms with Gasteiger partial charge in [0.25, 0.3) is 0 Å². The number of carbonyl (C=O) groups excluding carboxylic acids is 2. The van der Waals surface area contributed by atoms with E-state index < -0.39 is 0 Å². The molecular weight excluding hydrogens is 310 g/mol. The molecule has 2 aliphatic rings. The van der Waals surface area contributed by atoms with Crippen LogP contribution in [0, 0.1) is 17.8 Å². The summed E-state index contributed by atoms with van der Waals surface area (Å²) in [5.74, 6) is -0.134. The summed E-state index contributed by atoms with van der Waals surface area (Å²) >= 11 is 0. The number of hydrogen-bond acceptors (Lipinski definition) is 2. The summed E-state index contributed by atoms with van der Waals surface area (Å²) in [5.41, 5.74) is 2.04. The molecule has 0 N–H and O–H groups in total. The molecule has 1 amide bonds. The van der Waals surface area contributed by atoms with E-state index in [0.29, 0.717) is 0 Å². The number of β-lactam (4-membered cyclic amide) rings is 1. The summed E-state index contributed by atoms with van der Waals surface area (Å²) in [6, 6.07) is 19.9. The Morgan fingerprint density at radius 1 is 0.960 bits per heavy atom. The number of carbonyl (C=O) groups is 2. The van der Waals surface area contributed by atoms with Crippen molar-refractivity contribution in [2.75, 3.05) is 4.90 Å². The van der Waals surface area contributed by atoms with Gasteiger partial charge in [-0.15, -0.1) is 0 Å². The van der Waals surface area contributed by atoms with Crippen LogP contribution in [0.4, 0.5) is 5.69 Å². The molecular formula is C22H21NO2. The van der Waals surface area contributed by atoms with E-state index in [-0.39, 0.29) is 29.7 Å². The van der Waals surface area contributed by atoms with Crippen LogP contribution in [0.1, 0.15) is 24.4 Å². The quantitative estimate of drug-likeness (QED) is 0.479. The molecule has 0 saturated carbocycles. The van der Waals surface area contributed by atoms with Crippen LogP contribution in [0.3, 0.4) is 0 Å². The summed E-state index contributed by atoms with van der Waals surface area (Å²) in [7, 11) is 0. The third-order valence-corrected chi connectivity index (χ3v) is 5.43. The minimum Gasteiger partial charge on any atom is -0.304 e. The zero-order valence-corrected chi connectivity index (χ0v) is 14.0. The average Bonchev–Trinajstić information content (AvgIpc) is 2.68. The standard InChI is InChI=1S/C22H21NO2/c24-15-17-11-7-8-14-19(17)20-21(16-9-3-1-4-10-16)23(22(20)25)18-12-5-2-6-13-18/h1-6,8-10,12-15,17,19-21H,7,11H2/t17-,19+,20+,21+/m0/s1. The number of rotatable bonds is 4. The maximum absolute atomic E-state index is 13.1. The van der Waals surface area contributed by atoms with Crippen molar-refractivity contribution in [3.05, 3.63) is 78.4 Å². The Morgan fingerprint density at radius 2 is 1.64 bits per heavy atom. The third kappa shape index (κ3) is 2.70. The number of hydrogen-bond donors (Lipinski definition) is 0. The van der Waals surface area contributed by atoms with Crippen molar-refractivity contribution in [3.63, 3.8) is 0 Å². The first-order chi connectivity index (χ1) is 12.3. The largest absolute Gasteiger partial charge is 0.304 e. The van der Waals surface area contributed by atoms with Gasteiger partial charge in [-0.25, -0.2) is 0 Å². The van der Waals surface area contributed by atoms with Crippen molar-refractivity contribution < 1.29 is 9.59 Å². The van der Waals surface area contributed by atoms with Gasteiger partial charge in [-0.2, -0.15) is 0 Å². The van der Waals surface area contributed by atoms with Crippen molar-refractivity contribution >= 4 is 17.9 Å². The van der Waals surface area contributed by atoms with E-state index in [4.69, 9.17) is 0 Å². The van der Waals surface area contributed by atoms with Crippen molar-refractivity contribution in [2.24, 2.45) is 17.8 Å². The first kappa shape index (κ1) is 15.8. The second kappa shape index (κ2) is 6.67. The molecule has 3 nitrogen and oxygen atoms in total. The Bertz CT molecular complexity index is 784. The Morgan fingerprint density at radius 3 is 2.32 bits per heavy atom. The predicted molar refractivity (Wildman–Crippen MR) is 98.0 cm³/mol. The van der Waals surface area contributed by atoms with E-state index >= 15 is 0 Å². The Kier molecular flexibility index (Phi) is 4.22. The fourth-order valence-electron chi connectivity index (χ4n) is 4.19. The van der Waals surface area contributed by atoms with Crippen LogP contribution >= 0.6 is 0 Å². The second-order valence-electron chi connectivity index (χ2n) is 6.81. The van der Waals surface area contributed by atoms with Gasteiger partial charge in [-0.05, 0) is 30.5 Å². The lowest BCUT2D eigenvalue weighted by atomic mass is 9.67. The van der Waals surface area contributed by atoms with Crippen LogP contribution in [-0.2, 0) is 9.59 Å². The highest BCUT2D eigenvalue weighted by Gasteiger charge is 2.53. The molecule has 2 aromatic carbocycles. The lowest BCUT2D eigenvalue weighted by molar-refractivity contribution is -0.134. The molecule has 1 heterocycles. The molecule has 1 saturated heterocycles. The number of anilines is 1. The van der Waals surface area contributed by atoms with Crippen LogP contribution in [0.2, 0.25) is 0 Å². The van der Waals surface area contributed by atoms with Gasteiger partial charge in [0, 0.05) is 17.5 Å². The summed E-state index contributed by atoms with van der Waals surface area (Å²) in [6.45, 7) is 0. The molecule has 2 aromatic rings. The van der Waals surface area contributed by atoms with Crippen molar-refractivity contribution in [1.82, 2.24) is 0 Å². The van der Waals surface area contributed by atoms with E-state index in [0.717, 1.165) is 30.4 Å². The van der Waals surface area contributed by atoms with Crippen LogP contribution < -0.4 is 4.90 Å². The lowest BCUT2D eigenvalue weighted by Gasteiger charge is -2.51. The molecule has 25 heavy (non-hydrogen) atoms. The maximum Gasteiger partial charge on any atom is 0.233 e. The van der Waals surface area contributed by atoms with Gasteiger partial charge in [0.15, 0.2) is 0 Å². The molecule has 1 aliphatic heterocycles.